The van der Waals surface area contributed by atoms with Crippen molar-refractivity contribution in [1.29, 1.82) is 0 Å². The van der Waals surface area contributed by atoms with Gasteiger partial charge in [-0.15, -0.1) is 21.5 Å². The van der Waals surface area contributed by atoms with Gasteiger partial charge in [0.15, 0.2) is 10.8 Å². The third kappa shape index (κ3) is 4.22. The van der Waals surface area contributed by atoms with Crippen molar-refractivity contribution in [2.24, 2.45) is 5.92 Å². The molecule has 3 heterocycles. The maximum Gasteiger partial charge on any atom is 0.341 e. The number of aromatic nitrogens is 3. The van der Waals surface area contributed by atoms with Gasteiger partial charge in [0.1, 0.15) is 5.00 Å². The number of amides is 1. The molecule has 1 aromatic carbocycles. The highest BCUT2D eigenvalue weighted by atomic mass is 32.2. The van der Waals surface area contributed by atoms with E-state index in [-0.39, 0.29) is 17.6 Å². The van der Waals surface area contributed by atoms with Gasteiger partial charge in [0, 0.05) is 4.88 Å². The molecule has 0 saturated carbocycles. The fourth-order valence-corrected chi connectivity index (χ4v) is 6.42. The van der Waals surface area contributed by atoms with Crippen molar-refractivity contribution in [2.45, 2.75) is 38.3 Å². The minimum atomic E-state index is -0.359. The van der Waals surface area contributed by atoms with E-state index in [0.717, 1.165) is 41.4 Å². The molecule has 33 heavy (non-hydrogen) atoms. The maximum absolute atomic E-state index is 12.9. The molecule has 4 aromatic rings. The first kappa shape index (κ1) is 21.9. The van der Waals surface area contributed by atoms with Crippen LogP contribution in [0.3, 0.4) is 0 Å². The van der Waals surface area contributed by atoms with E-state index >= 15 is 0 Å². The second-order valence-corrected chi connectivity index (χ2v) is 10.2. The Morgan fingerprint density at radius 1 is 1.24 bits per heavy atom. The summed E-state index contributed by atoms with van der Waals surface area (Å²) < 4.78 is 7.26. The van der Waals surface area contributed by atoms with Gasteiger partial charge in [-0.25, -0.2) is 4.79 Å². The number of pyridine rings is 1. The fraction of sp³-hybridized carbons (Fsp3) is 0.333. The molecule has 170 valence electrons. The summed E-state index contributed by atoms with van der Waals surface area (Å²) in [6.45, 7) is 4.31. The van der Waals surface area contributed by atoms with Crippen LogP contribution in [-0.4, -0.2) is 38.8 Å². The summed E-state index contributed by atoms with van der Waals surface area (Å²) in [5, 5.41) is 13.8. The topological polar surface area (TPSA) is 85.6 Å². The predicted octanol–water partition coefficient (Wildman–Crippen LogP) is 4.98. The Morgan fingerprint density at radius 2 is 2.09 bits per heavy atom. The molecule has 7 nitrogen and oxygen atoms in total. The summed E-state index contributed by atoms with van der Waals surface area (Å²) in [5.74, 6) is 0.184. The van der Waals surface area contributed by atoms with Gasteiger partial charge in [0.25, 0.3) is 0 Å². The lowest BCUT2D eigenvalue weighted by Crippen LogP contribution is -2.17. The number of fused-ring (bicyclic) bond motifs is 4. The Balaban J connectivity index is 1.37. The van der Waals surface area contributed by atoms with Gasteiger partial charge in [-0.1, -0.05) is 36.9 Å². The Hall–Kier alpha value is -2.91. The molecule has 1 aliphatic rings. The molecule has 1 amide bonds. The molecular weight excluding hydrogens is 456 g/mol. The zero-order valence-corrected chi connectivity index (χ0v) is 20.1. The monoisotopic (exact) mass is 480 g/mol. The summed E-state index contributed by atoms with van der Waals surface area (Å²) in [7, 11) is 0. The van der Waals surface area contributed by atoms with Crippen molar-refractivity contribution in [3.8, 4) is 0 Å². The highest BCUT2D eigenvalue weighted by molar-refractivity contribution is 7.99. The molecule has 0 bridgehead atoms. The first-order chi connectivity index (χ1) is 16.0. The van der Waals surface area contributed by atoms with Crippen LogP contribution >= 0.6 is 23.1 Å². The van der Waals surface area contributed by atoms with Gasteiger partial charge < -0.3 is 10.1 Å². The standard InChI is InChI=1S/C24H24N4O3S2/c1-3-31-23(30)21-16-10-8-14(2)12-18(16)33-22(21)25-20(29)13-32-24-27-26-19-11-9-15-6-4-5-7-17(15)28(19)24/h4-7,9,11,14H,3,8,10,12-13H2,1-2H3,(H,25,29)/t14-/m0/s1. The lowest BCUT2D eigenvalue weighted by molar-refractivity contribution is -0.113. The second-order valence-electron chi connectivity index (χ2n) is 8.18. The van der Waals surface area contributed by atoms with Crippen molar-refractivity contribution in [1.82, 2.24) is 14.6 Å². The van der Waals surface area contributed by atoms with Crippen LogP contribution in [-0.2, 0) is 22.4 Å². The van der Waals surface area contributed by atoms with Crippen molar-refractivity contribution in [3.63, 3.8) is 0 Å². The lowest BCUT2D eigenvalue weighted by Gasteiger charge is -2.18. The Labute approximate surface area is 199 Å². The second kappa shape index (κ2) is 9.15. The molecule has 0 unspecified atom stereocenters. The summed E-state index contributed by atoms with van der Waals surface area (Å²) in [5.41, 5.74) is 3.30. The van der Waals surface area contributed by atoms with E-state index in [0.29, 0.717) is 28.2 Å². The van der Waals surface area contributed by atoms with E-state index in [1.54, 1.807) is 6.92 Å². The Kier molecular flexibility index (Phi) is 6.07. The third-order valence-electron chi connectivity index (χ3n) is 5.82. The van der Waals surface area contributed by atoms with Crippen LogP contribution in [0.4, 0.5) is 5.00 Å². The first-order valence-corrected chi connectivity index (χ1v) is 12.8. The minimum absolute atomic E-state index is 0.158. The Bertz CT molecular complexity index is 1360. The molecule has 0 saturated heterocycles. The molecule has 9 heteroatoms. The van der Waals surface area contributed by atoms with Gasteiger partial charge in [-0.3, -0.25) is 9.20 Å². The quantitative estimate of drug-likeness (QED) is 0.310. The van der Waals surface area contributed by atoms with Gasteiger partial charge in [-0.05, 0) is 61.3 Å². The van der Waals surface area contributed by atoms with Crippen molar-refractivity contribution in [2.75, 3.05) is 17.7 Å². The predicted molar refractivity (Wildman–Crippen MR) is 131 cm³/mol. The van der Waals surface area contributed by atoms with Crippen molar-refractivity contribution >= 4 is 56.5 Å². The summed E-state index contributed by atoms with van der Waals surface area (Å²) in [6, 6.07) is 11.9. The number of benzene rings is 1. The summed E-state index contributed by atoms with van der Waals surface area (Å²) in [4.78, 5) is 26.7. The van der Waals surface area contributed by atoms with E-state index in [4.69, 9.17) is 4.74 Å². The number of ether oxygens (including phenoxy) is 1. The van der Waals surface area contributed by atoms with Crippen LogP contribution in [0, 0.1) is 5.92 Å². The van der Waals surface area contributed by atoms with Crippen LogP contribution in [0.1, 0.15) is 41.1 Å². The van der Waals surface area contributed by atoms with E-state index in [9.17, 15) is 9.59 Å². The highest BCUT2D eigenvalue weighted by Crippen LogP contribution is 2.40. The van der Waals surface area contributed by atoms with Crippen LogP contribution in [0.2, 0.25) is 0 Å². The molecular formula is C24H24N4O3S2. The smallest absolute Gasteiger partial charge is 0.341 e. The highest BCUT2D eigenvalue weighted by Gasteiger charge is 2.29. The number of carbonyl (C=O) groups is 2. The zero-order valence-electron chi connectivity index (χ0n) is 18.5. The third-order valence-corrected chi connectivity index (χ3v) is 7.92. The number of para-hydroxylation sites is 1. The molecule has 5 rings (SSSR count). The van der Waals surface area contributed by atoms with Crippen molar-refractivity contribution in [3.05, 3.63) is 52.4 Å². The van der Waals surface area contributed by atoms with E-state index < -0.39 is 0 Å². The number of rotatable bonds is 6. The van der Waals surface area contributed by atoms with Crippen LogP contribution in [0.25, 0.3) is 16.6 Å². The number of anilines is 1. The molecule has 0 fully saturated rings. The van der Waals surface area contributed by atoms with Crippen molar-refractivity contribution < 1.29 is 14.3 Å². The number of nitrogens with zero attached hydrogens (tertiary/aromatic N) is 3. The van der Waals surface area contributed by atoms with Crippen LogP contribution in [0.5, 0.6) is 0 Å². The lowest BCUT2D eigenvalue weighted by atomic mass is 9.88. The summed E-state index contributed by atoms with van der Waals surface area (Å²) in [6.07, 6.45) is 2.80. The maximum atomic E-state index is 12.9. The molecule has 1 atom stereocenters. The van der Waals surface area contributed by atoms with Gasteiger partial charge in [0.05, 0.1) is 23.4 Å². The average molecular weight is 481 g/mol. The van der Waals surface area contributed by atoms with Crippen LogP contribution < -0.4 is 5.32 Å². The first-order valence-electron chi connectivity index (χ1n) is 11.0. The number of carbonyl (C=O) groups excluding carboxylic acids is 2. The minimum Gasteiger partial charge on any atom is -0.462 e. The van der Waals surface area contributed by atoms with Crippen LogP contribution in [0.15, 0.2) is 41.6 Å². The van der Waals surface area contributed by atoms with Gasteiger partial charge in [-0.2, -0.15) is 0 Å². The molecule has 0 radical (unpaired) electrons. The van der Waals surface area contributed by atoms with E-state index in [1.165, 1.54) is 28.0 Å². The molecule has 1 N–H and O–H groups in total. The molecule has 1 aliphatic carbocycles. The molecule has 3 aromatic heterocycles. The molecule has 0 aliphatic heterocycles. The van der Waals surface area contributed by atoms with E-state index in [1.807, 2.05) is 40.8 Å². The fourth-order valence-electron chi connectivity index (χ4n) is 4.26. The number of thioether (sulfide) groups is 1. The van der Waals surface area contributed by atoms with Gasteiger partial charge in [0.2, 0.25) is 5.91 Å². The SMILES string of the molecule is CCOC(=O)c1c(NC(=O)CSc2nnc3ccc4ccccc4n23)sc2c1CC[C@H](C)C2. The zero-order chi connectivity index (χ0) is 22.9. The molecule has 0 spiro atoms. The number of esters is 1. The number of hydrogen-bond acceptors (Lipinski definition) is 7. The van der Waals surface area contributed by atoms with Gasteiger partial charge >= 0.3 is 5.97 Å². The Morgan fingerprint density at radius 3 is 2.94 bits per heavy atom. The number of hydrogen-bond donors (Lipinski definition) is 1. The number of thiophene rings is 1. The largest absolute Gasteiger partial charge is 0.462 e. The normalized spacial score (nSPS) is 15.5. The number of nitrogens with one attached hydrogen (secondary N) is 1. The summed E-state index contributed by atoms with van der Waals surface area (Å²) >= 11 is 2.83. The van der Waals surface area contributed by atoms with E-state index in [2.05, 4.69) is 22.4 Å². The average Bonchev–Trinajstić information content (AvgIpc) is 3.38.